The molecule has 0 N–H and O–H groups in total. The topological polar surface area (TPSA) is 80.4 Å². The molecule has 0 radical (unpaired) electrons. The fraction of sp³-hybridized carbons (Fsp3) is 0.0588. The van der Waals surface area contributed by atoms with E-state index in [1.807, 2.05) is 0 Å². The minimum Gasteiger partial charge on any atom is -0.606 e. The van der Waals surface area contributed by atoms with Gasteiger partial charge in [0.15, 0.2) is 9.79 Å². The van der Waals surface area contributed by atoms with Crippen LogP contribution in [0.2, 0.25) is 0 Å². The van der Waals surface area contributed by atoms with Crippen LogP contribution in [0.25, 0.3) is 5.69 Å². The van der Waals surface area contributed by atoms with Gasteiger partial charge in [-0.05, 0) is 18.2 Å². The van der Waals surface area contributed by atoms with Crippen molar-refractivity contribution in [2.75, 3.05) is 7.11 Å². The van der Waals surface area contributed by atoms with Gasteiger partial charge < -0.3 is 13.9 Å². The molecule has 0 amide bonds. The minimum absolute atomic E-state index is 0.00758. The number of benzene rings is 2. The summed E-state index contributed by atoms with van der Waals surface area (Å²) in [4.78, 5) is 11.9. The van der Waals surface area contributed by atoms with Crippen molar-refractivity contribution in [1.29, 1.82) is 0 Å². The fourth-order valence-corrected chi connectivity index (χ4v) is 3.42. The highest BCUT2D eigenvalue weighted by molar-refractivity contribution is 7.91. The summed E-state index contributed by atoms with van der Waals surface area (Å²) in [5.41, 5.74) is 0.420. The molecule has 3 aromatic rings. The smallest absolute Gasteiger partial charge is 0.293 e. The third kappa shape index (κ3) is 3.12. The van der Waals surface area contributed by atoms with Crippen molar-refractivity contribution >= 4 is 16.9 Å². The van der Waals surface area contributed by atoms with E-state index in [-0.39, 0.29) is 5.69 Å². The fourth-order valence-electron chi connectivity index (χ4n) is 2.33. The van der Waals surface area contributed by atoms with Crippen molar-refractivity contribution < 1.29 is 14.2 Å². The monoisotopic (exact) mass is 342 g/mol. The van der Waals surface area contributed by atoms with E-state index in [1.54, 1.807) is 72.6 Å². The lowest BCUT2D eigenvalue weighted by atomic mass is 10.2. The van der Waals surface area contributed by atoms with Crippen LogP contribution in [0, 0.1) is 10.1 Å². The third-order valence-electron chi connectivity index (χ3n) is 3.49. The van der Waals surface area contributed by atoms with Crippen LogP contribution in [-0.4, -0.2) is 21.2 Å². The van der Waals surface area contributed by atoms with Gasteiger partial charge in [-0.25, -0.2) is 0 Å². The van der Waals surface area contributed by atoms with Crippen molar-refractivity contribution in [1.82, 2.24) is 4.57 Å². The molecule has 1 atom stereocenters. The van der Waals surface area contributed by atoms with Crippen molar-refractivity contribution in [2.45, 2.75) is 9.79 Å². The second kappa shape index (κ2) is 6.77. The second-order valence-corrected chi connectivity index (χ2v) is 6.43. The highest BCUT2D eigenvalue weighted by atomic mass is 32.2. The highest BCUT2D eigenvalue weighted by Gasteiger charge is 2.20. The Hall–Kier alpha value is -2.77. The first kappa shape index (κ1) is 16.1. The molecule has 0 saturated carbocycles. The Morgan fingerprint density at radius 1 is 1.08 bits per heavy atom. The van der Waals surface area contributed by atoms with E-state index >= 15 is 0 Å². The summed E-state index contributed by atoms with van der Waals surface area (Å²) >= 11 is -1.40. The van der Waals surface area contributed by atoms with Crippen LogP contribution in [0.5, 0.6) is 5.75 Å². The molecular formula is C17H14N2O4S. The van der Waals surface area contributed by atoms with Crippen molar-refractivity contribution in [3.63, 3.8) is 0 Å². The Labute approximate surface area is 141 Å². The largest absolute Gasteiger partial charge is 0.606 e. The third-order valence-corrected chi connectivity index (χ3v) is 4.84. The molecule has 1 unspecified atom stereocenters. The van der Waals surface area contributed by atoms with Crippen LogP contribution in [-0.2, 0) is 11.2 Å². The molecule has 0 aliphatic heterocycles. The summed E-state index contributed by atoms with van der Waals surface area (Å²) in [5, 5.41) is 11.1. The van der Waals surface area contributed by atoms with Crippen molar-refractivity contribution in [3.05, 3.63) is 77.1 Å². The Balaban J connectivity index is 1.95. The first-order valence-electron chi connectivity index (χ1n) is 7.08. The predicted octanol–water partition coefficient (Wildman–Crippen LogP) is 3.56. The first-order chi connectivity index (χ1) is 11.6. The zero-order valence-electron chi connectivity index (χ0n) is 12.8. The van der Waals surface area contributed by atoms with Gasteiger partial charge in [0.05, 0.1) is 18.2 Å². The first-order valence-corrected chi connectivity index (χ1v) is 8.23. The Morgan fingerprint density at radius 3 is 2.62 bits per heavy atom. The van der Waals surface area contributed by atoms with E-state index in [4.69, 9.17) is 4.74 Å². The molecule has 6 nitrogen and oxygen atoms in total. The molecular weight excluding hydrogens is 328 g/mol. The van der Waals surface area contributed by atoms with Crippen LogP contribution in [0.3, 0.4) is 0 Å². The van der Waals surface area contributed by atoms with E-state index in [9.17, 15) is 14.7 Å². The number of aromatic nitrogens is 1. The number of nitro groups is 1. The number of ether oxygens (including phenoxy) is 1. The van der Waals surface area contributed by atoms with E-state index in [0.717, 1.165) is 0 Å². The van der Waals surface area contributed by atoms with Crippen LogP contribution >= 0.6 is 0 Å². The molecule has 0 bridgehead atoms. The Kier molecular flexibility index (Phi) is 4.54. The molecule has 1 heterocycles. The van der Waals surface area contributed by atoms with Gasteiger partial charge in [-0.15, -0.1) is 0 Å². The molecule has 122 valence electrons. The maximum atomic E-state index is 12.7. The molecule has 0 fully saturated rings. The van der Waals surface area contributed by atoms with E-state index in [1.165, 1.54) is 6.07 Å². The van der Waals surface area contributed by atoms with E-state index in [2.05, 4.69) is 0 Å². The molecule has 2 aromatic carbocycles. The van der Waals surface area contributed by atoms with Crippen LogP contribution < -0.4 is 4.74 Å². The molecule has 3 rings (SSSR count). The van der Waals surface area contributed by atoms with Gasteiger partial charge in [-0.1, -0.05) is 18.2 Å². The van der Waals surface area contributed by atoms with Gasteiger partial charge in [0.1, 0.15) is 11.4 Å². The van der Waals surface area contributed by atoms with Crippen molar-refractivity contribution in [3.8, 4) is 11.4 Å². The summed E-state index contributed by atoms with van der Waals surface area (Å²) in [7, 11) is 1.55. The van der Waals surface area contributed by atoms with Gasteiger partial charge in [-0.3, -0.25) is 10.1 Å². The highest BCUT2D eigenvalue weighted by Crippen LogP contribution is 2.27. The normalized spacial score (nSPS) is 11.9. The van der Waals surface area contributed by atoms with E-state index < -0.39 is 16.1 Å². The quantitative estimate of drug-likeness (QED) is 0.403. The number of methoxy groups -OCH3 is 1. The summed E-state index contributed by atoms with van der Waals surface area (Å²) in [6.45, 7) is 0. The molecule has 0 saturated heterocycles. The second-order valence-electron chi connectivity index (χ2n) is 4.95. The number of nitrogens with zero attached hydrogens (tertiary/aromatic N) is 2. The maximum absolute atomic E-state index is 12.7. The zero-order valence-corrected chi connectivity index (χ0v) is 13.6. The van der Waals surface area contributed by atoms with Crippen LogP contribution in [0.15, 0.2) is 76.8 Å². The lowest BCUT2D eigenvalue weighted by Crippen LogP contribution is -2.02. The SMILES string of the molecule is COc1cccc([S+]([O-])c2ccn(-c3ccccc3[N+](=O)[O-])c2)c1. The summed E-state index contributed by atoms with van der Waals surface area (Å²) in [6.07, 6.45) is 3.30. The molecule has 1 aromatic heterocycles. The number of para-hydroxylation sites is 2. The van der Waals surface area contributed by atoms with Gasteiger partial charge >= 0.3 is 0 Å². The van der Waals surface area contributed by atoms with Gasteiger partial charge in [-0.2, -0.15) is 0 Å². The number of hydrogen-bond donors (Lipinski definition) is 0. The van der Waals surface area contributed by atoms with Crippen LogP contribution in [0.1, 0.15) is 0 Å². The molecule has 0 aliphatic carbocycles. The average Bonchev–Trinajstić information content (AvgIpc) is 3.11. The summed E-state index contributed by atoms with van der Waals surface area (Å²) in [5.74, 6) is 0.624. The molecule has 0 aliphatic rings. The number of hydrogen-bond acceptors (Lipinski definition) is 4. The molecule has 7 heteroatoms. The van der Waals surface area contributed by atoms with Crippen molar-refractivity contribution in [2.24, 2.45) is 0 Å². The lowest BCUT2D eigenvalue weighted by molar-refractivity contribution is -0.384. The van der Waals surface area contributed by atoms with Crippen LogP contribution in [0.4, 0.5) is 5.69 Å². The molecule has 24 heavy (non-hydrogen) atoms. The minimum atomic E-state index is -1.40. The zero-order chi connectivity index (χ0) is 17.1. The summed E-state index contributed by atoms with van der Waals surface area (Å²) < 4.78 is 19.4. The predicted molar refractivity (Wildman–Crippen MR) is 90.1 cm³/mol. The van der Waals surface area contributed by atoms with Gasteiger partial charge in [0, 0.05) is 35.6 Å². The van der Waals surface area contributed by atoms with Gasteiger partial charge in [0.2, 0.25) is 0 Å². The lowest BCUT2D eigenvalue weighted by Gasteiger charge is -2.09. The maximum Gasteiger partial charge on any atom is 0.293 e. The summed E-state index contributed by atoms with van der Waals surface area (Å²) in [6, 6.07) is 15.1. The number of rotatable bonds is 5. The van der Waals surface area contributed by atoms with E-state index in [0.29, 0.717) is 21.2 Å². The molecule has 0 spiro atoms. The number of nitro benzene ring substituents is 1. The standard InChI is InChI=1S/C17H14N2O4S/c1-23-13-5-4-6-14(11-13)24(22)15-9-10-18(12-15)16-7-2-3-8-17(16)19(20)21/h2-12H,1H3. The van der Waals surface area contributed by atoms with Gasteiger partial charge in [0.25, 0.3) is 5.69 Å². The Morgan fingerprint density at radius 2 is 1.88 bits per heavy atom. The Bertz CT molecular complexity index is 878. The average molecular weight is 342 g/mol.